The Morgan fingerprint density at radius 2 is 0.947 bits per heavy atom. The molecular weight excluding hydrogens is 261 g/mol. The van der Waals surface area contributed by atoms with E-state index in [-0.39, 0.29) is 0 Å². The van der Waals surface area contributed by atoms with Crippen LogP contribution in [0, 0.1) is 0 Å². The molecule has 0 rings (SSSR count). The third kappa shape index (κ3) is 6.98. The van der Waals surface area contributed by atoms with E-state index in [1.807, 2.05) is 17.2 Å². The molecule has 0 aromatic rings. The lowest BCUT2D eigenvalue weighted by atomic mass is 10.3. The monoisotopic (exact) mass is 293 g/mol. The summed E-state index contributed by atoms with van der Waals surface area (Å²) in [6.07, 6.45) is 0. The molecule has 0 aliphatic rings. The summed E-state index contributed by atoms with van der Waals surface area (Å²) in [6.45, 7) is 16.9. The van der Waals surface area contributed by atoms with Crippen molar-refractivity contribution in [2.75, 3.05) is 7.05 Å². The van der Waals surface area contributed by atoms with Crippen molar-refractivity contribution in [1.82, 2.24) is 15.2 Å². The van der Waals surface area contributed by atoms with E-state index in [0.29, 0.717) is 24.2 Å². The van der Waals surface area contributed by atoms with Gasteiger partial charge in [-0.05, 0) is 62.4 Å². The quantitative estimate of drug-likeness (QED) is 0.520. The molecule has 116 valence electrons. The van der Waals surface area contributed by atoms with Crippen LogP contribution in [0.4, 0.5) is 0 Å². The van der Waals surface area contributed by atoms with Crippen LogP contribution in [-0.2, 0) is 9.25 Å². The lowest BCUT2D eigenvalue weighted by molar-refractivity contribution is -0.158. The summed E-state index contributed by atoms with van der Waals surface area (Å²) >= 11 is 0. The summed E-state index contributed by atoms with van der Waals surface area (Å²) in [5, 5.41) is 7.07. The highest BCUT2D eigenvalue weighted by atomic mass is 31.2. The Balaban J connectivity index is 4.64. The maximum Gasteiger partial charge on any atom is 0.291 e. The fourth-order valence-corrected chi connectivity index (χ4v) is 3.13. The van der Waals surface area contributed by atoms with Gasteiger partial charge in [0, 0.05) is 24.2 Å². The van der Waals surface area contributed by atoms with Crippen molar-refractivity contribution in [1.29, 1.82) is 0 Å². The van der Waals surface area contributed by atoms with Crippen LogP contribution in [-0.4, -0.2) is 41.3 Å². The molecule has 1 N–H and O–H groups in total. The zero-order chi connectivity index (χ0) is 15.2. The van der Waals surface area contributed by atoms with E-state index in [9.17, 15) is 0 Å². The number of hydrogen-bond donors (Lipinski definition) is 1. The van der Waals surface area contributed by atoms with Gasteiger partial charge in [0.2, 0.25) is 0 Å². The van der Waals surface area contributed by atoms with Gasteiger partial charge in [-0.15, -0.1) is 0 Å². The first-order chi connectivity index (χ1) is 8.70. The average molecular weight is 293 g/mol. The van der Waals surface area contributed by atoms with Crippen LogP contribution in [0.15, 0.2) is 0 Å². The van der Waals surface area contributed by atoms with Gasteiger partial charge in [-0.1, -0.05) is 0 Å². The molecule has 0 unspecified atom stereocenters. The minimum absolute atomic E-state index is 0.313. The Morgan fingerprint density at radius 1 is 0.684 bits per heavy atom. The van der Waals surface area contributed by atoms with Gasteiger partial charge in [-0.2, -0.15) is 10.1 Å². The Morgan fingerprint density at radius 3 is 1.11 bits per heavy atom. The van der Waals surface area contributed by atoms with Crippen LogP contribution < -0.4 is 5.09 Å². The maximum atomic E-state index is 5.98. The molecule has 5 nitrogen and oxygen atoms in total. The fraction of sp³-hybridized carbons (Fsp3) is 1.00. The molecule has 6 heteroatoms. The minimum Gasteiger partial charge on any atom is -0.251 e. The molecule has 0 saturated carbocycles. The van der Waals surface area contributed by atoms with Crippen molar-refractivity contribution in [2.24, 2.45) is 0 Å². The van der Waals surface area contributed by atoms with Crippen molar-refractivity contribution in [3.63, 3.8) is 0 Å². The maximum absolute atomic E-state index is 5.98. The first kappa shape index (κ1) is 19.2. The van der Waals surface area contributed by atoms with Gasteiger partial charge in [0.15, 0.2) is 0 Å². The highest BCUT2D eigenvalue weighted by molar-refractivity contribution is 7.44. The number of nitrogens with one attached hydrogen (secondary N) is 1. The van der Waals surface area contributed by atoms with Crippen LogP contribution >= 0.6 is 8.53 Å². The summed E-state index contributed by atoms with van der Waals surface area (Å²) in [5.41, 5.74) is 0. The zero-order valence-corrected chi connectivity index (χ0v) is 14.9. The second kappa shape index (κ2) is 9.22. The smallest absolute Gasteiger partial charge is 0.251 e. The Hall–Kier alpha value is 0.230. The lowest BCUT2D eigenvalue weighted by Crippen LogP contribution is -2.40. The molecule has 0 atom stereocenters. The van der Waals surface area contributed by atoms with Crippen LogP contribution in [0.1, 0.15) is 55.4 Å². The summed E-state index contributed by atoms with van der Waals surface area (Å²) in [7, 11) is 0.699. The molecule has 0 bridgehead atoms. The molecular formula is C13H32N3O2P. The summed E-state index contributed by atoms with van der Waals surface area (Å²) in [5.74, 6) is 0. The average Bonchev–Trinajstić information content (AvgIpc) is 2.27. The second-order valence-electron chi connectivity index (χ2n) is 5.74. The first-order valence-electron chi connectivity index (χ1n) is 7.11. The van der Waals surface area contributed by atoms with Gasteiger partial charge in [-0.25, -0.2) is 9.25 Å². The van der Waals surface area contributed by atoms with E-state index in [2.05, 4.69) is 60.5 Å². The summed E-state index contributed by atoms with van der Waals surface area (Å²) in [4.78, 5) is 0. The molecule has 0 heterocycles. The molecule has 19 heavy (non-hydrogen) atoms. The van der Waals surface area contributed by atoms with E-state index in [1.165, 1.54) is 0 Å². The number of nitrogens with zero attached hydrogens (tertiary/aromatic N) is 2. The van der Waals surface area contributed by atoms with Gasteiger partial charge in [0.25, 0.3) is 8.53 Å². The van der Waals surface area contributed by atoms with Crippen molar-refractivity contribution in [3.05, 3.63) is 0 Å². The predicted molar refractivity (Wildman–Crippen MR) is 82.4 cm³/mol. The van der Waals surface area contributed by atoms with Crippen LogP contribution in [0.5, 0.6) is 0 Å². The number of rotatable bonds is 9. The molecule has 0 saturated heterocycles. The Bertz CT molecular complexity index is 200. The molecule has 0 amide bonds. The minimum atomic E-state index is -1.17. The van der Waals surface area contributed by atoms with Gasteiger partial charge in [-0.3, -0.25) is 5.09 Å². The van der Waals surface area contributed by atoms with Crippen molar-refractivity contribution in [3.8, 4) is 0 Å². The third-order valence-electron chi connectivity index (χ3n) is 2.56. The molecule has 0 radical (unpaired) electrons. The Kier molecular flexibility index (Phi) is 9.33. The van der Waals surface area contributed by atoms with Gasteiger partial charge in [0.05, 0.1) is 0 Å². The number of hydrogen-bond acceptors (Lipinski definition) is 5. The molecule has 0 aromatic carbocycles. The third-order valence-corrected chi connectivity index (χ3v) is 3.59. The van der Waals surface area contributed by atoms with Crippen LogP contribution in [0.25, 0.3) is 0 Å². The van der Waals surface area contributed by atoms with Crippen molar-refractivity contribution >= 4 is 8.53 Å². The Labute approximate surface area is 120 Å². The van der Waals surface area contributed by atoms with E-state index in [4.69, 9.17) is 9.25 Å². The molecule has 0 aliphatic carbocycles. The fourth-order valence-electron chi connectivity index (χ4n) is 1.84. The van der Waals surface area contributed by atoms with Gasteiger partial charge >= 0.3 is 0 Å². The summed E-state index contributed by atoms with van der Waals surface area (Å²) in [6, 6.07) is 1.25. The highest BCUT2D eigenvalue weighted by Crippen LogP contribution is 2.38. The van der Waals surface area contributed by atoms with Crippen molar-refractivity contribution in [2.45, 2.75) is 79.6 Å². The van der Waals surface area contributed by atoms with Gasteiger partial charge < -0.3 is 0 Å². The van der Waals surface area contributed by atoms with Gasteiger partial charge in [0.1, 0.15) is 0 Å². The lowest BCUT2D eigenvalue weighted by Gasteiger charge is -2.36. The summed E-state index contributed by atoms with van der Waals surface area (Å²) < 4.78 is 12.0. The topological polar surface area (TPSA) is 37.0 Å². The van der Waals surface area contributed by atoms with E-state index < -0.39 is 8.53 Å². The van der Waals surface area contributed by atoms with E-state index in [0.717, 1.165) is 0 Å². The predicted octanol–water partition coefficient (Wildman–Crippen LogP) is 3.53. The van der Waals surface area contributed by atoms with E-state index in [1.54, 1.807) is 0 Å². The molecule has 0 fully saturated rings. The second-order valence-corrected chi connectivity index (χ2v) is 7.03. The number of hydroxylamine groups is 4. The van der Waals surface area contributed by atoms with Crippen LogP contribution in [0.2, 0.25) is 0 Å². The van der Waals surface area contributed by atoms with Crippen molar-refractivity contribution < 1.29 is 9.25 Å². The highest BCUT2D eigenvalue weighted by Gasteiger charge is 2.25. The standard InChI is InChI=1S/C13H32N3O2P/c1-10(2)15(11(3)4)17-19(14-9)18-16(12(5)6)13(7)8/h10-14H,1-9H3. The zero-order valence-electron chi connectivity index (χ0n) is 14.0. The largest absolute Gasteiger partial charge is 0.291 e. The molecule has 0 spiro atoms. The first-order valence-corrected chi connectivity index (χ1v) is 8.28. The molecule has 0 aliphatic heterocycles. The SMILES string of the molecule is CNP(ON(C(C)C)C(C)C)ON(C(C)C)C(C)C. The van der Waals surface area contributed by atoms with Crippen LogP contribution in [0.3, 0.4) is 0 Å². The normalized spacial score (nSPS) is 13.3. The molecule has 0 aromatic heterocycles. The van der Waals surface area contributed by atoms with E-state index >= 15 is 0 Å².